The summed E-state index contributed by atoms with van der Waals surface area (Å²) in [6.07, 6.45) is 16.5. The summed E-state index contributed by atoms with van der Waals surface area (Å²) in [5.74, 6) is -1.92. The largest absolute Gasteiger partial charge is 0.459 e. The Bertz CT molecular complexity index is 1320. The van der Waals surface area contributed by atoms with Gasteiger partial charge in [-0.05, 0) is 73.6 Å². The Labute approximate surface area is 333 Å². The molecule has 0 aliphatic rings. The molecule has 0 aliphatic heterocycles. The molecule has 2 aromatic carbocycles. The zero-order valence-electron chi connectivity index (χ0n) is 35.7. The van der Waals surface area contributed by atoms with Gasteiger partial charge in [0.25, 0.3) is 0 Å². The van der Waals surface area contributed by atoms with Gasteiger partial charge in [0.2, 0.25) is 11.8 Å². The Morgan fingerprint density at radius 1 is 0.509 bits per heavy atom. The SMILES string of the molecule is CCCCCCCCc1ccc(C(CC)(NC(C)=O)C(CC)OC(=O)CC(=O)OC(CC)C(CC)(NC(C)=O)c2ccc(CCCCCCCC)cc2)cc1. The first-order valence-corrected chi connectivity index (χ1v) is 21.6. The number of rotatable bonds is 28. The van der Waals surface area contributed by atoms with Crippen LogP contribution in [0.2, 0.25) is 0 Å². The summed E-state index contributed by atoms with van der Waals surface area (Å²) in [5, 5.41) is 6.24. The Hall–Kier alpha value is -3.68. The van der Waals surface area contributed by atoms with E-state index >= 15 is 0 Å². The topological polar surface area (TPSA) is 111 Å². The average molecular weight is 763 g/mol. The molecule has 2 amide bonds. The molecular formula is C47H74N2O6. The van der Waals surface area contributed by atoms with Gasteiger partial charge in [0.05, 0.1) is 0 Å². The number of carbonyl (C=O) groups excluding carboxylic acids is 4. The van der Waals surface area contributed by atoms with Crippen molar-refractivity contribution in [3.05, 3.63) is 70.8 Å². The van der Waals surface area contributed by atoms with E-state index in [4.69, 9.17) is 9.47 Å². The summed E-state index contributed by atoms with van der Waals surface area (Å²) in [7, 11) is 0. The van der Waals surface area contributed by atoms with Crippen LogP contribution in [0.1, 0.15) is 187 Å². The van der Waals surface area contributed by atoms with E-state index in [9.17, 15) is 19.2 Å². The number of hydrogen-bond acceptors (Lipinski definition) is 6. The van der Waals surface area contributed by atoms with Crippen molar-refractivity contribution in [2.45, 2.75) is 201 Å². The standard InChI is InChI=1S/C47H74N2O6/c1-9-15-17-19-21-23-25-38-27-31-40(32-28-38)46(13-5,48-36(7)50)42(11-3)54-44(52)35-45(53)55-43(12-4)47(14-6,49-37(8)51)41-33-29-39(30-34-41)26-24-22-20-18-16-10-2/h27-34,42-43H,9-26,35H2,1-8H3,(H,48,50)(H,49,51). The molecule has 0 aromatic heterocycles. The molecule has 0 saturated heterocycles. The second kappa shape index (κ2) is 25.5. The minimum absolute atomic E-state index is 0.234. The fourth-order valence-corrected chi connectivity index (χ4v) is 8.09. The molecule has 8 nitrogen and oxygen atoms in total. The number of benzene rings is 2. The van der Waals surface area contributed by atoms with Crippen LogP contribution in [-0.2, 0) is 52.6 Å². The van der Waals surface area contributed by atoms with Crippen LogP contribution in [0.4, 0.5) is 0 Å². The summed E-state index contributed by atoms with van der Waals surface area (Å²) in [4.78, 5) is 52.2. The number of amides is 2. The highest BCUT2D eigenvalue weighted by Crippen LogP contribution is 2.35. The summed E-state index contributed by atoms with van der Waals surface area (Å²) in [5.41, 5.74) is 2.22. The molecule has 4 unspecified atom stereocenters. The third-order valence-corrected chi connectivity index (χ3v) is 11.2. The quantitative estimate of drug-likeness (QED) is 0.0507. The van der Waals surface area contributed by atoms with E-state index in [-0.39, 0.29) is 11.8 Å². The Morgan fingerprint density at radius 3 is 1.13 bits per heavy atom. The lowest BCUT2D eigenvalue weighted by molar-refractivity contribution is -0.167. The van der Waals surface area contributed by atoms with Gasteiger partial charge in [-0.3, -0.25) is 19.2 Å². The lowest BCUT2D eigenvalue weighted by Gasteiger charge is -2.41. The van der Waals surface area contributed by atoms with Gasteiger partial charge < -0.3 is 20.1 Å². The van der Waals surface area contributed by atoms with Crippen molar-refractivity contribution in [2.75, 3.05) is 0 Å². The maximum absolute atomic E-state index is 13.5. The van der Waals surface area contributed by atoms with E-state index < -0.39 is 41.6 Å². The summed E-state index contributed by atoms with van der Waals surface area (Å²) in [6.45, 7) is 15.1. The molecule has 0 bridgehead atoms. The molecule has 8 heteroatoms. The van der Waals surface area contributed by atoms with E-state index in [1.165, 1.54) is 89.2 Å². The van der Waals surface area contributed by atoms with Gasteiger partial charge in [0.1, 0.15) is 29.7 Å². The maximum Gasteiger partial charge on any atom is 0.317 e. The molecule has 0 heterocycles. The number of ether oxygens (including phenoxy) is 2. The predicted octanol–water partition coefficient (Wildman–Crippen LogP) is 10.7. The number of unbranched alkanes of at least 4 members (excludes halogenated alkanes) is 10. The van der Waals surface area contributed by atoms with Gasteiger partial charge in [-0.15, -0.1) is 0 Å². The van der Waals surface area contributed by atoms with Crippen LogP contribution in [0.15, 0.2) is 48.5 Å². The minimum atomic E-state index is -0.977. The molecular weight excluding hydrogens is 689 g/mol. The van der Waals surface area contributed by atoms with E-state index in [0.29, 0.717) is 25.7 Å². The van der Waals surface area contributed by atoms with Gasteiger partial charge in [-0.2, -0.15) is 0 Å². The van der Waals surface area contributed by atoms with Crippen molar-refractivity contribution in [2.24, 2.45) is 0 Å². The number of carbonyl (C=O) groups is 4. The summed E-state index contributed by atoms with van der Waals surface area (Å²) >= 11 is 0. The fraction of sp³-hybridized carbons (Fsp3) is 0.660. The van der Waals surface area contributed by atoms with E-state index in [1.54, 1.807) is 0 Å². The average Bonchev–Trinajstić information content (AvgIpc) is 3.17. The molecule has 55 heavy (non-hydrogen) atoms. The Morgan fingerprint density at radius 2 is 0.836 bits per heavy atom. The second-order valence-electron chi connectivity index (χ2n) is 15.4. The van der Waals surface area contributed by atoms with Crippen LogP contribution in [-0.4, -0.2) is 36.0 Å². The fourth-order valence-electron chi connectivity index (χ4n) is 8.09. The number of nitrogens with one attached hydrogen (secondary N) is 2. The van der Waals surface area contributed by atoms with Gasteiger partial charge in [-0.1, -0.05) is 154 Å². The van der Waals surface area contributed by atoms with Crippen molar-refractivity contribution in [1.82, 2.24) is 10.6 Å². The normalized spacial score (nSPS) is 14.5. The molecule has 0 fully saturated rings. The zero-order valence-corrected chi connectivity index (χ0v) is 35.7. The van der Waals surface area contributed by atoms with E-state index in [2.05, 4.69) is 48.7 Å². The third kappa shape index (κ3) is 15.1. The van der Waals surface area contributed by atoms with Crippen molar-refractivity contribution in [3.63, 3.8) is 0 Å². The van der Waals surface area contributed by atoms with Crippen LogP contribution in [0.25, 0.3) is 0 Å². The van der Waals surface area contributed by atoms with Gasteiger partial charge in [0.15, 0.2) is 0 Å². The van der Waals surface area contributed by atoms with Crippen LogP contribution < -0.4 is 10.6 Å². The second-order valence-corrected chi connectivity index (χ2v) is 15.4. The van der Waals surface area contributed by atoms with Crippen molar-refractivity contribution >= 4 is 23.8 Å². The molecule has 0 saturated carbocycles. The summed E-state index contributed by atoms with van der Waals surface area (Å²) < 4.78 is 12.1. The molecule has 2 aromatic rings. The molecule has 0 radical (unpaired) electrons. The van der Waals surface area contributed by atoms with Crippen molar-refractivity contribution in [1.29, 1.82) is 0 Å². The van der Waals surface area contributed by atoms with Gasteiger partial charge in [-0.25, -0.2) is 0 Å². The van der Waals surface area contributed by atoms with E-state index in [0.717, 1.165) is 36.8 Å². The van der Waals surface area contributed by atoms with E-state index in [1.807, 2.05) is 52.0 Å². The Kier molecular flexibility index (Phi) is 22.0. The van der Waals surface area contributed by atoms with Crippen LogP contribution in [0.5, 0.6) is 0 Å². The predicted molar refractivity (Wildman–Crippen MR) is 224 cm³/mol. The first-order valence-electron chi connectivity index (χ1n) is 21.6. The van der Waals surface area contributed by atoms with Gasteiger partial charge in [0, 0.05) is 13.8 Å². The Balaban J connectivity index is 2.20. The molecule has 2 N–H and O–H groups in total. The number of aryl methyl sites for hydroxylation is 2. The van der Waals surface area contributed by atoms with Gasteiger partial charge >= 0.3 is 11.9 Å². The van der Waals surface area contributed by atoms with Crippen LogP contribution in [0, 0.1) is 0 Å². The monoisotopic (exact) mass is 763 g/mol. The highest BCUT2D eigenvalue weighted by Gasteiger charge is 2.44. The first kappa shape index (κ1) is 47.5. The molecule has 0 aliphatic carbocycles. The lowest BCUT2D eigenvalue weighted by Crippen LogP contribution is -2.55. The minimum Gasteiger partial charge on any atom is -0.459 e. The molecule has 0 spiro atoms. The third-order valence-electron chi connectivity index (χ3n) is 11.2. The number of esters is 2. The highest BCUT2D eigenvalue weighted by molar-refractivity contribution is 5.91. The van der Waals surface area contributed by atoms with Crippen LogP contribution >= 0.6 is 0 Å². The summed E-state index contributed by atoms with van der Waals surface area (Å²) in [6, 6.07) is 16.5. The van der Waals surface area contributed by atoms with Crippen molar-refractivity contribution in [3.8, 4) is 0 Å². The molecule has 308 valence electrons. The maximum atomic E-state index is 13.5. The lowest BCUT2D eigenvalue weighted by atomic mass is 9.80. The highest BCUT2D eigenvalue weighted by atomic mass is 16.6. The van der Waals surface area contributed by atoms with Crippen molar-refractivity contribution < 1.29 is 28.7 Å². The molecule has 2 rings (SSSR count). The number of hydrogen-bond donors (Lipinski definition) is 2. The van der Waals surface area contributed by atoms with Crippen LogP contribution in [0.3, 0.4) is 0 Å². The molecule has 4 atom stereocenters. The smallest absolute Gasteiger partial charge is 0.317 e. The zero-order chi connectivity index (χ0) is 40.7. The first-order chi connectivity index (χ1) is 26.4.